The van der Waals surface area contributed by atoms with Crippen LogP contribution in [0.1, 0.15) is 18.9 Å². The summed E-state index contributed by atoms with van der Waals surface area (Å²) < 4.78 is 0. The molecule has 78 valence electrons. The van der Waals surface area contributed by atoms with E-state index < -0.39 is 7.05 Å². The number of nitroso groups, excluding NO2 is 1. The van der Waals surface area contributed by atoms with Crippen LogP contribution < -0.4 is 5.46 Å². The van der Waals surface area contributed by atoms with Crippen molar-refractivity contribution < 1.29 is 9.82 Å². The molecule has 5 heteroatoms. The normalized spacial score (nSPS) is 9.73. The maximum Gasteiger partial charge on any atom is 0.517 e. The molecule has 0 aliphatic heterocycles. The standard InChI is InChI=1S/C10H12BNO3/c1-2-10(13)7-8-3-5-9(6-4-8)11(14)12-15/h3-6,14H,2,7H2,1H3. The minimum atomic E-state index is -1.32. The third-order valence-electron chi connectivity index (χ3n) is 2.17. The molecule has 0 saturated carbocycles. The summed E-state index contributed by atoms with van der Waals surface area (Å²) in [6.45, 7) is 1.82. The Morgan fingerprint density at radius 2 is 2.00 bits per heavy atom. The Bertz CT molecular complexity index is 350. The van der Waals surface area contributed by atoms with Crippen molar-refractivity contribution in [2.75, 3.05) is 0 Å². The Labute approximate surface area is 88.4 Å². The number of nitrogens with zero attached hydrogens (tertiary/aromatic N) is 1. The lowest BCUT2D eigenvalue weighted by Crippen LogP contribution is -2.27. The van der Waals surface area contributed by atoms with E-state index in [9.17, 15) is 9.70 Å². The van der Waals surface area contributed by atoms with Gasteiger partial charge in [-0.25, -0.2) is 0 Å². The lowest BCUT2D eigenvalue weighted by molar-refractivity contribution is -0.118. The summed E-state index contributed by atoms with van der Waals surface area (Å²) >= 11 is 0. The van der Waals surface area contributed by atoms with Gasteiger partial charge < -0.3 is 5.02 Å². The van der Waals surface area contributed by atoms with Crippen LogP contribution in [0, 0.1) is 4.91 Å². The molecule has 15 heavy (non-hydrogen) atoms. The Kier molecular flexibility index (Phi) is 4.18. The molecular weight excluding hydrogens is 193 g/mol. The van der Waals surface area contributed by atoms with Gasteiger partial charge in [-0.1, -0.05) is 36.3 Å². The molecule has 0 aliphatic carbocycles. The number of Topliss-reactive ketones (excluding diaryl/α,β-unsaturated/α-hetero) is 1. The molecule has 0 unspecified atom stereocenters. The molecule has 0 atom stereocenters. The fourth-order valence-electron chi connectivity index (χ4n) is 1.22. The lowest BCUT2D eigenvalue weighted by Gasteiger charge is -2.01. The molecule has 0 radical (unpaired) electrons. The highest BCUT2D eigenvalue weighted by molar-refractivity contribution is 6.64. The maximum absolute atomic E-state index is 11.1. The molecule has 0 saturated heterocycles. The molecule has 0 heterocycles. The molecule has 1 N–H and O–H groups in total. The van der Waals surface area contributed by atoms with Crippen LogP contribution in [0.15, 0.2) is 29.4 Å². The number of carbonyl (C=O) groups is 1. The van der Waals surface area contributed by atoms with E-state index in [0.29, 0.717) is 18.3 Å². The van der Waals surface area contributed by atoms with Crippen LogP contribution in [0.3, 0.4) is 0 Å². The zero-order valence-corrected chi connectivity index (χ0v) is 8.51. The van der Waals surface area contributed by atoms with E-state index in [4.69, 9.17) is 5.02 Å². The van der Waals surface area contributed by atoms with Crippen molar-refractivity contribution in [2.24, 2.45) is 5.09 Å². The quantitative estimate of drug-likeness (QED) is 0.567. The van der Waals surface area contributed by atoms with Crippen LogP contribution in [-0.4, -0.2) is 17.9 Å². The summed E-state index contributed by atoms with van der Waals surface area (Å²) in [5.74, 6) is 0.164. The number of hydrogen-bond donors (Lipinski definition) is 1. The predicted octanol–water partition coefficient (Wildman–Crippen LogP) is 0.662. The lowest BCUT2D eigenvalue weighted by atomic mass is 9.75. The smallest absolute Gasteiger partial charge is 0.425 e. The van der Waals surface area contributed by atoms with Gasteiger partial charge in [0.2, 0.25) is 0 Å². The summed E-state index contributed by atoms with van der Waals surface area (Å²) in [5.41, 5.74) is 1.32. The van der Waals surface area contributed by atoms with E-state index >= 15 is 0 Å². The Morgan fingerprint density at radius 1 is 1.40 bits per heavy atom. The van der Waals surface area contributed by atoms with Gasteiger partial charge in [0.05, 0.1) is 0 Å². The fraction of sp³-hybridized carbons (Fsp3) is 0.300. The van der Waals surface area contributed by atoms with Crippen LogP contribution in [0.4, 0.5) is 0 Å². The third kappa shape index (κ3) is 3.29. The van der Waals surface area contributed by atoms with Crippen molar-refractivity contribution in [3.63, 3.8) is 0 Å². The van der Waals surface area contributed by atoms with Gasteiger partial charge in [0, 0.05) is 12.8 Å². The minimum absolute atomic E-state index is 0.164. The van der Waals surface area contributed by atoms with E-state index in [1.807, 2.05) is 6.92 Å². The average Bonchev–Trinajstić information content (AvgIpc) is 2.29. The molecule has 0 amide bonds. The van der Waals surface area contributed by atoms with Crippen LogP contribution in [0.25, 0.3) is 0 Å². The van der Waals surface area contributed by atoms with E-state index in [2.05, 4.69) is 5.09 Å². The van der Waals surface area contributed by atoms with Crippen molar-refractivity contribution >= 4 is 18.3 Å². The summed E-state index contributed by atoms with van der Waals surface area (Å²) in [7, 11) is -1.32. The first-order valence-corrected chi connectivity index (χ1v) is 4.78. The first kappa shape index (κ1) is 11.6. The maximum atomic E-state index is 11.1. The topological polar surface area (TPSA) is 66.7 Å². The number of ketones is 1. The number of hydrogen-bond acceptors (Lipinski definition) is 4. The minimum Gasteiger partial charge on any atom is -0.425 e. The molecule has 1 rings (SSSR count). The van der Waals surface area contributed by atoms with Crippen LogP contribution in [-0.2, 0) is 11.2 Å². The van der Waals surface area contributed by atoms with Gasteiger partial charge in [-0.3, -0.25) is 4.79 Å². The second-order valence-electron chi connectivity index (χ2n) is 3.29. The van der Waals surface area contributed by atoms with Crippen molar-refractivity contribution in [3.05, 3.63) is 34.7 Å². The van der Waals surface area contributed by atoms with Crippen LogP contribution in [0.2, 0.25) is 0 Å². The second-order valence-corrected chi connectivity index (χ2v) is 3.29. The monoisotopic (exact) mass is 205 g/mol. The predicted molar refractivity (Wildman–Crippen MR) is 58.8 cm³/mol. The zero-order chi connectivity index (χ0) is 11.3. The fourth-order valence-corrected chi connectivity index (χ4v) is 1.22. The van der Waals surface area contributed by atoms with Crippen molar-refractivity contribution in [3.8, 4) is 0 Å². The molecule has 0 aromatic heterocycles. The van der Waals surface area contributed by atoms with Gasteiger partial charge in [-0.15, -0.1) is 0 Å². The summed E-state index contributed by atoms with van der Waals surface area (Å²) in [6.07, 6.45) is 0.904. The average molecular weight is 205 g/mol. The van der Waals surface area contributed by atoms with E-state index in [-0.39, 0.29) is 5.78 Å². The van der Waals surface area contributed by atoms with E-state index in [1.54, 1.807) is 24.3 Å². The van der Waals surface area contributed by atoms with Crippen molar-refractivity contribution in [2.45, 2.75) is 19.8 Å². The largest absolute Gasteiger partial charge is 0.517 e. The van der Waals surface area contributed by atoms with Crippen LogP contribution >= 0.6 is 0 Å². The second kappa shape index (κ2) is 5.41. The molecule has 0 fully saturated rings. The molecule has 1 aromatic carbocycles. The van der Waals surface area contributed by atoms with Gasteiger partial charge >= 0.3 is 7.05 Å². The highest BCUT2D eigenvalue weighted by atomic mass is 16.3. The summed E-state index contributed by atoms with van der Waals surface area (Å²) in [6, 6.07) is 6.64. The first-order chi connectivity index (χ1) is 7.17. The Hall–Kier alpha value is -1.49. The molecule has 0 bridgehead atoms. The molecule has 0 aliphatic rings. The van der Waals surface area contributed by atoms with Crippen molar-refractivity contribution in [1.29, 1.82) is 0 Å². The SMILES string of the molecule is CCC(=O)Cc1ccc(B(O)N=O)cc1. The van der Waals surface area contributed by atoms with Gasteiger partial charge in [-0.05, 0) is 11.0 Å². The van der Waals surface area contributed by atoms with Gasteiger partial charge in [-0.2, -0.15) is 4.91 Å². The summed E-state index contributed by atoms with van der Waals surface area (Å²) in [4.78, 5) is 21.2. The number of rotatable bonds is 5. The first-order valence-electron chi connectivity index (χ1n) is 4.78. The Morgan fingerprint density at radius 3 is 2.47 bits per heavy atom. The van der Waals surface area contributed by atoms with Gasteiger partial charge in [0.1, 0.15) is 5.78 Å². The third-order valence-corrected chi connectivity index (χ3v) is 2.17. The highest BCUT2D eigenvalue weighted by Crippen LogP contribution is 2.01. The zero-order valence-electron chi connectivity index (χ0n) is 8.51. The molecule has 4 nitrogen and oxygen atoms in total. The Balaban J connectivity index is 2.72. The van der Waals surface area contributed by atoms with Gasteiger partial charge in [0.25, 0.3) is 0 Å². The van der Waals surface area contributed by atoms with Gasteiger partial charge in [0.15, 0.2) is 0 Å². The van der Waals surface area contributed by atoms with E-state index in [1.165, 1.54) is 0 Å². The summed E-state index contributed by atoms with van der Waals surface area (Å²) in [5, 5.41) is 11.6. The molecular formula is C10H12BNO3. The highest BCUT2D eigenvalue weighted by Gasteiger charge is 2.15. The van der Waals surface area contributed by atoms with Crippen LogP contribution in [0.5, 0.6) is 0 Å². The number of carbonyl (C=O) groups excluding carboxylic acids is 1. The molecule has 0 spiro atoms. The van der Waals surface area contributed by atoms with Crippen molar-refractivity contribution in [1.82, 2.24) is 0 Å². The molecule has 1 aromatic rings. The number of benzene rings is 1. The van der Waals surface area contributed by atoms with E-state index in [0.717, 1.165) is 5.56 Å².